The van der Waals surface area contributed by atoms with Gasteiger partial charge in [-0.2, -0.15) is 0 Å². The minimum Gasteiger partial charge on any atom is -0.351 e. The van der Waals surface area contributed by atoms with Crippen LogP contribution in [0.3, 0.4) is 0 Å². The third kappa shape index (κ3) is 10.2. The van der Waals surface area contributed by atoms with E-state index < -0.39 is 0 Å². The summed E-state index contributed by atoms with van der Waals surface area (Å²) >= 11 is 0. The topological polar surface area (TPSA) is 130 Å². The molecule has 0 saturated heterocycles. The van der Waals surface area contributed by atoms with Crippen molar-refractivity contribution < 1.29 is 26.4 Å². The van der Waals surface area contributed by atoms with Gasteiger partial charge in [0.05, 0.1) is 13.1 Å². The van der Waals surface area contributed by atoms with Gasteiger partial charge in [0, 0.05) is 38.8 Å². The quantitative estimate of drug-likeness (QED) is 0.229. The third-order valence-electron chi connectivity index (χ3n) is 5.16. The van der Waals surface area contributed by atoms with Gasteiger partial charge in [-0.15, -0.1) is 0 Å². The number of hydrogen-bond donors (Lipinski definition) is 5. The van der Waals surface area contributed by atoms with E-state index in [1.54, 1.807) is 0 Å². The Labute approximate surface area is 185 Å². The van der Waals surface area contributed by atoms with Crippen LogP contribution in [0.25, 0.3) is 0 Å². The number of benzene rings is 2. The predicted octanol–water partition coefficient (Wildman–Crippen LogP) is -1.73. The fourth-order valence-electron chi connectivity index (χ4n) is 3.33. The fraction of sp³-hybridized carbons (Fsp3) is 0.417. The zero-order valence-corrected chi connectivity index (χ0v) is 18.4. The number of nitrogens with two attached hydrogens (primary N) is 1. The van der Waals surface area contributed by atoms with Crippen molar-refractivity contribution in [3.8, 4) is 0 Å². The Hall–Kier alpha value is -2.74. The molecule has 2 aromatic rings. The summed E-state index contributed by atoms with van der Waals surface area (Å²) in [6.45, 7) is 3.21. The van der Waals surface area contributed by atoms with Crippen LogP contribution >= 0.6 is 0 Å². The number of carbonyl (C=O) groups is 2. The Balaban J connectivity index is 1.44. The Morgan fingerprint density at radius 1 is 0.710 bits per heavy atom. The molecule has 2 amide bonds. The van der Waals surface area contributed by atoms with E-state index in [0.29, 0.717) is 25.9 Å². The normalized spacial score (nSPS) is 12.7. The molecule has 0 radical (unpaired) electrons. The summed E-state index contributed by atoms with van der Waals surface area (Å²) in [5.41, 5.74) is 10.2. The molecule has 0 unspecified atom stereocenters. The largest absolute Gasteiger partial charge is 0.351 e. The first-order valence-electron chi connectivity index (χ1n) is 11.2. The molecule has 0 bridgehead atoms. The zero-order valence-electron chi connectivity index (χ0n) is 18.4. The van der Waals surface area contributed by atoms with Gasteiger partial charge >= 0.3 is 0 Å². The molecule has 31 heavy (non-hydrogen) atoms. The molecule has 10 N–H and O–H groups in total. The summed E-state index contributed by atoms with van der Waals surface area (Å²) in [4.78, 5) is 24.3. The van der Waals surface area contributed by atoms with E-state index in [2.05, 4.69) is 27.4 Å². The molecule has 0 aromatic heterocycles. The lowest BCUT2D eigenvalue weighted by Gasteiger charge is -2.10. The van der Waals surface area contributed by atoms with Crippen molar-refractivity contribution in [1.29, 1.82) is 0 Å². The fourth-order valence-corrected chi connectivity index (χ4v) is 3.33. The standard InChI is InChI=1S/C24H35N5O2/c25-21(17-19-9-3-1-4-10-19)23(30)28-15-7-13-27-14-8-16-29-24(31)22(26)18-20-11-5-2-6-12-20/h1-6,9-12,21-22,27H,7-8,13-18,25-26H2,(H,28,30)(H,29,31)/p+3/t21-,22-/m0/s1. The molecule has 0 aliphatic rings. The summed E-state index contributed by atoms with van der Waals surface area (Å²) in [6.07, 6.45) is 3.14. The van der Waals surface area contributed by atoms with Gasteiger partial charge in [0.2, 0.25) is 0 Å². The van der Waals surface area contributed by atoms with Crippen molar-refractivity contribution in [3.63, 3.8) is 0 Å². The highest BCUT2D eigenvalue weighted by molar-refractivity contribution is 5.80. The maximum atomic E-state index is 12.1. The van der Waals surface area contributed by atoms with Crippen molar-refractivity contribution in [2.75, 3.05) is 26.2 Å². The molecule has 0 fully saturated rings. The monoisotopic (exact) mass is 428 g/mol. The molecule has 0 aliphatic carbocycles. The van der Waals surface area contributed by atoms with E-state index >= 15 is 0 Å². The van der Waals surface area contributed by atoms with Crippen molar-refractivity contribution in [3.05, 3.63) is 71.8 Å². The summed E-state index contributed by atoms with van der Waals surface area (Å²) in [5, 5.41) is 8.15. The first kappa shape index (κ1) is 24.5. The van der Waals surface area contributed by atoms with Crippen molar-refractivity contribution >= 4 is 11.8 Å². The molecule has 0 heterocycles. The van der Waals surface area contributed by atoms with E-state index in [1.165, 1.54) is 0 Å². The van der Waals surface area contributed by atoms with Crippen LogP contribution in [0.15, 0.2) is 60.7 Å². The second-order valence-corrected chi connectivity index (χ2v) is 7.93. The van der Waals surface area contributed by atoms with Gasteiger partial charge in [0.15, 0.2) is 12.1 Å². The van der Waals surface area contributed by atoms with Crippen LogP contribution in [0, 0.1) is 0 Å². The summed E-state index contributed by atoms with van der Waals surface area (Å²) < 4.78 is 0. The van der Waals surface area contributed by atoms with Crippen molar-refractivity contribution in [2.24, 2.45) is 0 Å². The summed E-state index contributed by atoms with van der Waals surface area (Å²) in [5.74, 6) is 0.00888. The van der Waals surface area contributed by atoms with Crippen LogP contribution in [0.5, 0.6) is 0 Å². The summed E-state index contributed by atoms with van der Waals surface area (Å²) in [7, 11) is 0. The smallest absolute Gasteiger partial charge is 0.278 e. The molecular weight excluding hydrogens is 390 g/mol. The van der Waals surface area contributed by atoms with Gasteiger partial charge < -0.3 is 27.4 Å². The highest BCUT2D eigenvalue weighted by Gasteiger charge is 2.18. The van der Waals surface area contributed by atoms with Crippen molar-refractivity contribution in [2.45, 2.75) is 37.8 Å². The van der Waals surface area contributed by atoms with Gasteiger partial charge in [-0.25, -0.2) is 0 Å². The molecule has 0 saturated carbocycles. The van der Waals surface area contributed by atoms with E-state index in [-0.39, 0.29) is 23.9 Å². The van der Waals surface area contributed by atoms with Crippen LogP contribution in [0.2, 0.25) is 0 Å². The van der Waals surface area contributed by atoms with Gasteiger partial charge in [-0.1, -0.05) is 60.7 Å². The second kappa shape index (κ2) is 14.3. The molecule has 2 aromatic carbocycles. The maximum Gasteiger partial charge on any atom is 0.278 e. The first-order valence-corrected chi connectivity index (χ1v) is 11.2. The Morgan fingerprint density at radius 2 is 1.10 bits per heavy atom. The first-order chi connectivity index (χ1) is 15.1. The molecule has 0 spiro atoms. The Bertz CT molecular complexity index is 705. The molecule has 7 nitrogen and oxygen atoms in total. The number of carbonyl (C=O) groups excluding carboxylic acids is 2. The van der Waals surface area contributed by atoms with E-state index in [4.69, 9.17) is 0 Å². The molecule has 2 rings (SSSR count). The molecule has 0 aliphatic heterocycles. The Morgan fingerprint density at radius 3 is 1.48 bits per heavy atom. The van der Waals surface area contributed by atoms with Gasteiger partial charge in [-0.3, -0.25) is 9.59 Å². The lowest BCUT2D eigenvalue weighted by atomic mass is 10.1. The number of quaternary nitrogens is 3. The van der Waals surface area contributed by atoms with Crippen LogP contribution in [0.1, 0.15) is 24.0 Å². The highest BCUT2D eigenvalue weighted by atomic mass is 16.2. The molecular formula is C24H38N5O2+3. The predicted molar refractivity (Wildman–Crippen MR) is 121 cm³/mol. The molecule has 168 valence electrons. The summed E-state index contributed by atoms with van der Waals surface area (Å²) in [6, 6.07) is 19.4. The van der Waals surface area contributed by atoms with Crippen LogP contribution in [0.4, 0.5) is 0 Å². The minimum absolute atomic E-state index is 0.00444. The van der Waals surface area contributed by atoms with Crippen molar-refractivity contribution in [1.82, 2.24) is 10.6 Å². The molecule has 7 heteroatoms. The number of rotatable bonds is 14. The average molecular weight is 429 g/mol. The van der Waals surface area contributed by atoms with Gasteiger partial charge in [-0.05, 0) is 11.1 Å². The second-order valence-electron chi connectivity index (χ2n) is 7.93. The number of hydrogen-bond acceptors (Lipinski definition) is 2. The Kier molecular flexibility index (Phi) is 11.3. The SMILES string of the molecule is [NH3+][C@@H](Cc1ccccc1)C(=O)NCCC[NH2+]CCCNC(=O)[C@@H]([NH3+])Cc1ccccc1. The minimum atomic E-state index is -0.270. The highest BCUT2D eigenvalue weighted by Crippen LogP contribution is 2.01. The van der Waals surface area contributed by atoms with E-state index in [0.717, 1.165) is 37.1 Å². The maximum absolute atomic E-state index is 12.1. The average Bonchev–Trinajstić information content (AvgIpc) is 2.78. The van der Waals surface area contributed by atoms with Crippen LogP contribution in [-0.4, -0.2) is 50.1 Å². The van der Waals surface area contributed by atoms with Gasteiger partial charge in [0.25, 0.3) is 11.8 Å². The van der Waals surface area contributed by atoms with Crippen LogP contribution < -0.4 is 27.4 Å². The zero-order chi connectivity index (χ0) is 22.3. The number of amides is 2. The van der Waals surface area contributed by atoms with Gasteiger partial charge in [0.1, 0.15) is 0 Å². The van der Waals surface area contributed by atoms with E-state index in [1.807, 2.05) is 60.7 Å². The molecule has 2 atom stereocenters. The van der Waals surface area contributed by atoms with E-state index in [9.17, 15) is 9.59 Å². The van der Waals surface area contributed by atoms with Crippen LogP contribution in [-0.2, 0) is 22.4 Å². The number of nitrogens with one attached hydrogen (secondary N) is 2. The lowest BCUT2D eigenvalue weighted by molar-refractivity contribution is -0.654. The lowest BCUT2D eigenvalue weighted by Crippen LogP contribution is -2.84. The third-order valence-corrected chi connectivity index (χ3v) is 5.16.